The summed E-state index contributed by atoms with van der Waals surface area (Å²) in [5.41, 5.74) is 5.07. The summed E-state index contributed by atoms with van der Waals surface area (Å²) in [5.74, 6) is 1.75. The second kappa shape index (κ2) is 7.66. The number of H-pyrrole nitrogens is 1. The van der Waals surface area contributed by atoms with Gasteiger partial charge in [-0.15, -0.1) is 12.4 Å². The molecule has 0 aliphatic heterocycles. The van der Waals surface area contributed by atoms with Crippen molar-refractivity contribution in [2.45, 2.75) is 6.42 Å². The fourth-order valence-electron chi connectivity index (χ4n) is 3.25. The average molecular weight is 388 g/mol. The van der Waals surface area contributed by atoms with Crippen LogP contribution < -0.4 is 5.32 Å². The highest BCUT2D eigenvalue weighted by atomic mass is 35.5. The lowest BCUT2D eigenvalue weighted by molar-refractivity contribution is 1.04. The molecule has 5 rings (SSSR count). The van der Waals surface area contributed by atoms with Gasteiger partial charge in [-0.2, -0.15) is 0 Å². The van der Waals surface area contributed by atoms with E-state index < -0.39 is 0 Å². The van der Waals surface area contributed by atoms with Crippen molar-refractivity contribution in [3.63, 3.8) is 0 Å². The summed E-state index contributed by atoms with van der Waals surface area (Å²) in [5, 5.41) is 4.39. The van der Waals surface area contributed by atoms with Gasteiger partial charge in [0, 0.05) is 17.5 Å². The minimum absolute atomic E-state index is 0. The molecular formula is C22H18ClN5. The molecule has 0 bridgehead atoms. The number of rotatable bonds is 4. The smallest absolute Gasteiger partial charge is 0.141 e. The molecule has 5 aromatic rings. The maximum Gasteiger partial charge on any atom is 0.141 e. The summed E-state index contributed by atoms with van der Waals surface area (Å²) < 4.78 is 0. The number of hydrogen-bond acceptors (Lipinski definition) is 4. The minimum Gasteiger partial charge on any atom is -0.342 e. The molecule has 0 aliphatic rings. The summed E-state index contributed by atoms with van der Waals surface area (Å²) in [6.07, 6.45) is 2.37. The molecule has 0 atom stereocenters. The van der Waals surface area contributed by atoms with Gasteiger partial charge in [-0.3, -0.25) is 0 Å². The third kappa shape index (κ3) is 3.52. The molecule has 138 valence electrons. The van der Waals surface area contributed by atoms with Crippen LogP contribution in [0.4, 0.5) is 11.5 Å². The van der Waals surface area contributed by atoms with E-state index in [1.807, 2.05) is 60.7 Å². The lowest BCUT2D eigenvalue weighted by Gasteiger charge is -2.08. The number of hydrogen-bond donors (Lipinski definition) is 2. The second-order valence-electron chi connectivity index (χ2n) is 6.44. The Morgan fingerprint density at radius 3 is 2.54 bits per heavy atom. The molecule has 0 saturated carbocycles. The van der Waals surface area contributed by atoms with Crippen molar-refractivity contribution in [1.82, 2.24) is 19.9 Å². The summed E-state index contributed by atoms with van der Waals surface area (Å²) in [6, 6.07) is 24.4. The Morgan fingerprint density at radius 2 is 1.64 bits per heavy atom. The van der Waals surface area contributed by atoms with Crippen LogP contribution in [-0.4, -0.2) is 19.9 Å². The van der Waals surface area contributed by atoms with Crippen LogP contribution in [0.25, 0.3) is 21.9 Å². The largest absolute Gasteiger partial charge is 0.342 e. The zero-order chi connectivity index (χ0) is 18.1. The maximum atomic E-state index is 4.74. The predicted molar refractivity (Wildman–Crippen MR) is 115 cm³/mol. The van der Waals surface area contributed by atoms with Crippen LogP contribution in [0, 0.1) is 0 Å². The normalized spacial score (nSPS) is 10.7. The Balaban J connectivity index is 0.00000192. The molecule has 3 aromatic carbocycles. The number of anilines is 2. The van der Waals surface area contributed by atoms with E-state index in [0.29, 0.717) is 0 Å². The van der Waals surface area contributed by atoms with Crippen LogP contribution in [0.15, 0.2) is 79.1 Å². The molecule has 0 amide bonds. The third-order valence-electron chi connectivity index (χ3n) is 4.55. The molecular weight excluding hydrogens is 370 g/mol. The van der Waals surface area contributed by atoms with E-state index in [1.54, 1.807) is 6.33 Å². The number of nitrogens with zero attached hydrogens (tertiary/aromatic N) is 3. The van der Waals surface area contributed by atoms with Gasteiger partial charge in [0.05, 0.1) is 16.6 Å². The zero-order valence-corrected chi connectivity index (χ0v) is 15.8. The number of imidazole rings is 1. The average Bonchev–Trinajstić information content (AvgIpc) is 3.10. The van der Waals surface area contributed by atoms with Crippen LogP contribution >= 0.6 is 12.4 Å². The fourth-order valence-corrected chi connectivity index (χ4v) is 3.25. The molecule has 0 unspecified atom stereocenters. The lowest BCUT2D eigenvalue weighted by Crippen LogP contribution is -1.95. The third-order valence-corrected chi connectivity index (χ3v) is 4.55. The lowest BCUT2D eigenvalue weighted by atomic mass is 10.1. The van der Waals surface area contributed by atoms with Crippen molar-refractivity contribution in [1.29, 1.82) is 0 Å². The van der Waals surface area contributed by atoms with Gasteiger partial charge in [-0.05, 0) is 35.9 Å². The van der Waals surface area contributed by atoms with Crippen molar-refractivity contribution >= 4 is 45.8 Å². The number of aromatic amines is 1. The van der Waals surface area contributed by atoms with E-state index in [0.717, 1.165) is 45.7 Å². The molecule has 0 aliphatic carbocycles. The molecule has 0 saturated heterocycles. The van der Waals surface area contributed by atoms with Gasteiger partial charge in [0.1, 0.15) is 18.0 Å². The summed E-state index contributed by atoms with van der Waals surface area (Å²) in [4.78, 5) is 16.8. The Hall–Kier alpha value is -3.44. The SMILES string of the molecule is Cl.c1ccc(Cc2nc3cc(Nc4ncnc5ccccc45)ccc3[nH]2)cc1. The Kier molecular flexibility index (Phi) is 4.91. The monoisotopic (exact) mass is 387 g/mol. The Labute approximate surface area is 168 Å². The highest BCUT2D eigenvalue weighted by Gasteiger charge is 2.07. The number of fused-ring (bicyclic) bond motifs is 2. The molecule has 2 N–H and O–H groups in total. The Morgan fingerprint density at radius 1 is 0.821 bits per heavy atom. The van der Waals surface area contributed by atoms with E-state index in [9.17, 15) is 0 Å². The minimum atomic E-state index is 0. The van der Waals surface area contributed by atoms with Crippen molar-refractivity contribution in [3.05, 3.63) is 90.5 Å². The molecule has 0 radical (unpaired) electrons. The van der Waals surface area contributed by atoms with Gasteiger partial charge in [0.15, 0.2) is 0 Å². The Bertz CT molecular complexity index is 1230. The van der Waals surface area contributed by atoms with Gasteiger partial charge < -0.3 is 10.3 Å². The van der Waals surface area contributed by atoms with Crippen molar-refractivity contribution < 1.29 is 0 Å². The predicted octanol–water partition coefficient (Wildman–Crippen LogP) is 5.26. The molecule has 2 aromatic heterocycles. The van der Waals surface area contributed by atoms with E-state index in [4.69, 9.17) is 4.98 Å². The van der Waals surface area contributed by atoms with Crippen LogP contribution in [-0.2, 0) is 6.42 Å². The highest BCUT2D eigenvalue weighted by molar-refractivity contribution is 5.91. The topological polar surface area (TPSA) is 66.5 Å². The number of nitrogens with one attached hydrogen (secondary N) is 2. The van der Waals surface area contributed by atoms with Crippen LogP contribution in [0.1, 0.15) is 11.4 Å². The fraction of sp³-hybridized carbons (Fsp3) is 0.0455. The first-order valence-corrected chi connectivity index (χ1v) is 8.84. The standard InChI is InChI=1S/C22H17N5.ClH/c1-2-6-15(7-3-1)12-21-26-19-11-10-16(13-20(19)27-21)25-22-17-8-4-5-9-18(17)23-14-24-22;/h1-11,13-14H,12H2,(H,26,27)(H,23,24,25);1H. The van der Waals surface area contributed by atoms with E-state index in [-0.39, 0.29) is 12.4 Å². The van der Waals surface area contributed by atoms with Crippen molar-refractivity contribution in [3.8, 4) is 0 Å². The molecule has 6 heteroatoms. The quantitative estimate of drug-likeness (QED) is 0.441. The number of benzene rings is 3. The zero-order valence-electron chi connectivity index (χ0n) is 15.0. The van der Waals surface area contributed by atoms with Gasteiger partial charge in [-0.1, -0.05) is 42.5 Å². The van der Waals surface area contributed by atoms with Crippen molar-refractivity contribution in [2.75, 3.05) is 5.32 Å². The molecule has 2 heterocycles. The molecule has 0 spiro atoms. The van der Waals surface area contributed by atoms with Gasteiger partial charge >= 0.3 is 0 Å². The van der Waals surface area contributed by atoms with E-state index >= 15 is 0 Å². The van der Waals surface area contributed by atoms with Crippen molar-refractivity contribution in [2.24, 2.45) is 0 Å². The van der Waals surface area contributed by atoms with Crippen LogP contribution in [0.5, 0.6) is 0 Å². The first-order chi connectivity index (χ1) is 13.3. The summed E-state index contributed by atoms with van der Waals surface area (Å²) in [6.45, 7) is 0. The second-order valence-corrected chi connectivity index (χ2v) is 6.44. The van der Waals surface area contributed by atoms with E-state index in [1.165, 1.54) is 5.56 Å². The number of para-hydroxylation sites is 1. The summed E-state index contributed by atoms with van der Waals surface area (Å²) in [7, 11) is 0. The summed E-state index contributed by atoms with van der Waals surface area (Å²) >= 11 is 0. The first-order valence-electron chi connectivity index (χ1n) is 8.84. The molecule has 28 heavy (non-hydrogen) atoms. The van der Waals surface area contributed by atoms with Gasteiger partial charge in [-0.25, -0.2) is 15.0 Å². The van der Waals surface area contributed by atoms with Crippen LogP contribution in [0.3, 0.4) is 0 Å². The van der Waals surface area contributed by atoms with Crippen LogP contribution in [0.2, 0.25) is 0 Å². The highest BCUT2D eigenvalue weighted by Crippen LogP contribution is 2.25. The van der Waals surface area contributed by atoms with Gasteiger partial charge in [0.2, 0.25) is 0 Å². The number of halogens is 1. The van der Waals surface area contributed by atoms with E-state index in [2.05, 4.69) is 32.4 Å². The molecule has 5 nitrogen and oxygen atoms in total. The maximum absolute atomic E-state index is 4.74. The van der Waals surface area contributed by atoms with Gasteiger partial charge in [0.25, 0.3) is 0 Å². The number of aromatic nitrogens is 4. The molecule has 0 fully saturated rings. The first kappa shape index (κ1) is 17.9.